The van der Waals surface area contributed by atoms with E-state index in [1.54, 1.807) is 18.2 Å². The number of furan rings is 1. The van der Waals surface area contributed by atoms with E-state index in [1.807, 2.05) is 30.3 Å². The number of rotatable bonds is 10. The quantitative estimate of drug-likeness (QED) is 0.210. The van der Waals surface area contributed by atoms with E-state index in [0.717, 1.165) is 67.5 Å². The average molecular weight is 613 g/mol. The Morgan fingerprint density at radius 2 is 1.84 bits per heavy atom. The molecule has 0 saturated carbocycles. The van der Waals surface area contributed by atoms with Crippen LogP contribution in [-0.4, -0.2) is 105 Å². The second kappa shape index (κ2) is 13.5. The normalized spacial score (nSPS) is 25.5. The van der Waals surface area contributed by atoms with Crippen LogP contribution in [0.2, 0.25) is 0 Å². The highest BCUT2D eigenvalue weighted by molar-refractivity contribution is 7.93. The molecule has 5 atom stereocenters. The maximum Gasteiger partial charge on any atom is 0.251 e. The number of aliphatic hydroxyl groups is 3. The first kappa shape index (κ1) is 31.1. The number of ether oxygens (including phenoxy) is 2. The van der Waals surface area contributed by atoms with E-state index in [1.165, 1.54) is 6.92 Å². The van der Waals surface area contributed by atoms with Crippen molar-refractivity contribution in [1.29, 1.82) is 5.26 Å². The molecule has 2 saturated heterocycles. The first-order valence-corrected chi connectivity index (χ1v) is 15.6. The molecule has 0 radical (unpaired) electrons. The molecule has 3 aromatic rings. The summed E-state index contributed by atoms with van der Waals surface area (Å²) in [5.74, 6) is 0.636. The number of aliphatic hydroxyl groups excluding tert-OH is 3. The third-order valence-electron chi connectivity index (χ3n) is 7.75. The molecule has 1 aromatic heterocycles. The standard InChI is InChI=1S/C30H36N4O8S/c1-19-28(30(37)29(36)27(18-35)41-19)33-43(38,39)25(17-31)16-24-6-7-26(42-24)22-3-2-21-15-23(5-4-20(21)14-22)32-8-9-34-10-12-40-13-11-34/h2-7,14-16,19,27-30,32-33,35-37H,8-13,18H2,1H3/b25-16+/t19?,27-,28+,29-,30-/m1/s1. The molecule has 230 valence electrons. The van der Waals surface area contributed by atoms with Gasteiger partial charge in [0.2, 0.25) is 0 Å². The van der Waals surface area contributed by atoms with Gasteiger partial charge < -0.3 is 34.5 Å². The van der Waals surface area contributed by atoms with E-state index >= 15 is 0 Å². The molecule has 0 bridgehead atoms. The number of nitrogens with one attached hydrogen (secondary N) is 2. The highest BCUT2D eigenvalue weighted by Gasteiger charge is 2.44. The van der Waals surface area contributed by atoms with Crippen molar-refractivity contribution in [2.24, 2.45) is 0 Å². The minimum Gasteiger partial charge on any atom is -0.457 e. The highest BCUT2D eigenvalue weighted by atomic mass is 32.2. The number of allylic oxidation sites excluding steroid dienone is 1. The van der Waals surface area contributed by atoms with Crippen LogP contribution in [0, 0.1) is 11.3 Å². The second-order valence-corrected chi connectivity index (χ2v) is 12.4. The molecule has 12 nitrogen and oxygen atoms in total. The zero-order valence-electron chi connectivity index (χ0n) is 23.7. The molecular formula is C30H36N4O8S. The van der Waals surface area contributed by atoms with Gasteiger partial charge in [-0.2, -0.15) is 5.26 Å². The van der Waals surface area contributed by atoms with Crippen LogP contribution < -0.4 is 10.0 Å². The summed E-state index contributed by atoms with van der Waals surface area (Å²) in [5.41, 5.74) is 1.81. The monoisotopic (exact) mass is 612 g/mol. The van der Waals surface area contributed by atoms with Crippen molar-refractivity contribution in [2.45, 2.75) is 37.4 Å². The van der Waals surface area contributed by atoms with Crippen LogP contribution in [0.3, 0.4) is 0 Å². The number of sulfonamides is 1. The fraction of sp³-hybridized carbons (Fsp3) is 0.433. The molecule has 0 aliphatic carbocycles. The number of nitriles is 1. The van der Waals surface area contributed by atoms with E-state index in [2.05, 4.69) is 21.0 Å². The van der Waals surface area contributed by atoms with Crippen LogP contribution >= 0.6 is 0 Å². The largest absolute Gasteiger partial charge is 0.457 e. The fourth-order valence-corrected chi connectivity index (χ4v) is 6.49. The Hall–Kier alpha value is -3.32. The Morgan fingerprint density at radius 3 is 2.58 bits per heavy atom. The lowest BCUT2D eigenvalue weighted by Crippen LogP contribution is -2.63. The molecule has 2 aromatic carbocycles. The molecule has 0 amide bonds. The van der Waals surface area contributed by atoms with Crippen LogP contribution in [0.4, 0.5) is 5.69 Å². The van der Waals surface area contributed by atoms with Crippen LogP contribution in [0.5, 0.6) is 0 Å². The second-order valence-electron chi connectivity index (χ2n) is 10.7. The summed E-state index contributed by atoms with van der Waals surface area (Å²) in [7, 11) is -4.42. The molecule has 5 rings (SSSR count). The van der Waals surface area contributed by atoms with E-state index in [-0.39, 0.29) is 5.76 Å². The van der Waals surface area contributed by atoms with E-state index < -0.39 is 52.0 Å². The lowest BCUT2D eigenvalue weighted by Gasteiger charge is -2.41. The van der Waals surface area contributed by atoms with Gasteiger partial charge in [-0.25, -0.2) is 13.1 Å². The minimum absolute atomic E-state index is 0.144. The summed E-state index contributed by atoms with van der Waals surface area (Å²) in [6.45, 7) is 6.20. The summed E-state index contributed by atoms with van der Waals surface area (Å²) in [5, 5.41) is 45.1. The van der Waals surface area contributed by atoms with Crippen molar-refractivity contribution in [3.63, 3.8) is 0 Å². The number of nitrogens with zero attached hydrogens (tertiary/aromatic N) is 2. The number of hydrogen-bond donors (Lipinski definition) is 5. The minimum atomic E-state index is -4.42. The topological polar surface area (TPSA) is 178 Å². The van der Waals surface area contributed by atoms with Gasteiger partial charge >= 0.3 is 0 Å². The molecule has 13 heteroatoms. The summed E-state index contributed by atoms with van der Waals surface area (Å²) >= 11 is 0. The van der Waals surface area contributed by atoms with Gasteiger partial charge in [0.25, 0.3) is 10.0 Å². The van der Waals surface area contributed by atoms with Gasteiger partial charge in [0.1, 0.15) is 35.9 Å². The Kier molecular flexibility index (Phi) is 9.80. The molecular weight excluding hydrogens is 576 g/mol. The Labute approximate surface area is 250 Å². The first-order chi connectivity index (χ1) is 20.7. The van der Waals surface area contributed by atoms with Crippen molar-refractivity contribution in [3.8, 4) is 17.4 Å². The van der Waals surface area contributed by atoms with Crippen molar-refractivity contribution >= 4 is 32.6 Å². The fourth-order valence-electron chi connectivity index (χ4n) is 5.29. The van der Waals surface area contributed by atoms with Gasteiger partial charge in [-0.05, 0) is 48.0 Å². The van der Waals surface area contributed by atoms with Gasteiger partial charge in [0.15, 0.2) is 4.91 Å². The predicted octanol–water partition coefficient (Wildman–Crippen LogP) is 1.50. The lowest BCUT2D eigenvalue weighted by atomic mass is 9.94. The lowest BCUT2D eigenvalue weighted by molar-refractivity contribution is -0.186. The van der Waals surface area contributed by atoms with Gasteiger partial charge in [0.05, 0.1) is 32.0 Å². The number of morpholine rings is 1. The predicted molar refractivity (Wildman–Crippen MR) is 160 cm³/mol. The smallest absolute Gasteiger partial charge is 0.251 e. The summed E-state index contributed by atoms with van der Waals surface area (Å²) in [4.78, 5) is 1.73. The first-order valence-electron chi connectivity index (χ1n) is 14.1. The highest BCUT2D eigenvalue weighted by Crippen LogP contribution is 2.29. The molecule has 0 spiro atoms. The molecule has 2 aliphatic rings. The molecule has 43 heavy (non-hydrogen) atoms. The summed E-state index contributed by atoms with van der Waals surface area (Å²) in [6, 6.07) is 15.7. The van der Waals surface area contributed by atoms with Crippen LogP contribution in [0.15, 0.2) is 57.9 Å². The van der Waals surface area contributed by atoms with E-state index in [9.17, 15) is 29.0 Å². The van der Waals surface area contributed by atoms with E-state index in [4.69, 9.17) is 13.9 Å². The van der Waals surface area contributed by atoms with Crippen molar-refractivity contribution in [2.75, 3.05) is 51.3 Å². The number of hydrogen-bond acceptors (Lipinski definition) is 11. The van der Waals surface area contributed by atoms with Crippen LogP contribution in [0.1, 0.15) is 12.7 Å². The van der Waals surface area contributed by atoms with Gasteiger partial charge in [-0.3, -0.25) is 4.90 Å². The zero-order valence-corrected chi connectivity index (χ0v) is 24.5. The third-order valence-corrected chi connectivity index (χ3v) is 9.12. The molecule has 3 heterocycles. The van der Waals surface area contributed by atoms with Crippen molar-refractivity contribution in [1.82, 2.24) is 9.62 Å². The molecule has 2 fully saturated rings. The van der Waals surface area contributed by atoms with Gasteiger partial charge in [-0.15, -0.1) is 0 Å². The number of benzene rings is 2. The third kappa shape index (κ3) is 7.26. The van der Waals surface area contributed by atoms with Crippen molar-refractivity contribution in [3.05, 3.63) is 59.2 Å². The number of anilines is 1. The van der Waals surface area contributed by atoms with Gasteiger partial charge in [0, 0.05) is 43.5 Å². The summed E-state index contributed by atoms with van der Waals surface area (Å²) < 4.78 is 45.0. The van der Waals surface area contributed by atoms with Crippen LogP contribution in [-0.2, 0) is 19.5 Å². The maximum atomic E-state index is 13.0. The van der Waals surface area contributed by atoms with E-state index in [0.29, 0.717) is 5.76 Å². The number of fused-ring (bicyclic) bond motifs is 1. The Bertz CT molecular complexity index is 1590. The zero-order chi connectivity index (χ0) is 30.6. The Balaban J connectivity index is 1.26. The maximum absolute atomic E-state index is 13.0. The molecule has 5 N–H and O–H groups in total. The molecule has 1 unspecified atom stereocenters. The Morgan fingerprint density at radius 1 is 1.09 bits per heavy atom. The summed E-state index contributed by atoms with van der Waals surface area (Å²) in [6.07, 6.45) is -3.91. The van der Waals surface area contributed by atoms with Crippen LogP contribution in [0.25, 0.3) is 28.2 Å². The van der Waals surface area contributed by atoms with Crippen molar-refractivity contribution < 1.29 is 37.6 Å². The van der Waals surface area contributed by atoms with Gasteiger partial charge in [-0.1, -0.05) is 18.2 Å². The average Bonchev–Trinajstić information content (AvgIpc) is 3.49. The SMILES string of the molecule is CC1O[C@H](CO)[C@@H](O)[C@H](O)[C@H]1NS(=O)(=O)/C(C#N)=C/c1ccc(-c2ccc3cc(NCCN4CCOCC4)ccc3c2)o1. The molecule has 2 aliphatic heterocycles.